The molecule has 17 heavy (non-hydrogen) atoms. The molecule has 2 aromatic carbocycles. The van der Waals surface area contributed by atoms with Crippen LogP contribution in [0.2, 0.25) is 5.02 Å². The second kappa shape index (κ2) is 4.86. The summed E-state index contributed by atoms with van der Waals surface area (Å²) in [5.41, 5.74) is 2.11. The van der Waals surface area contributed by atoms with Gasteiger partial charge in [0.25, 0.3) is 0 Å². The minimum absolute atomic E-state index is 0.301. The van der Waals surface area contributed by atoms with E-state index in [1.165, 1.54) is 12.1 Å². The van der Waals surface area contributed by atoms with Crippen molar-refractivity contribution in [3.8, 4) is 0 Å². The second-order valence-corrected chi connectivity index (χ2v) is 4.39. The maximum atomic E-state index is 13.0. The zero-order chi connectivity index (χ0) is 12.4. The molecular formula is C14H12ClFO. The van der Waals surface area contributed by atoms with Crippen LogP contribution in [0.3, 0.4) is 0 Å². The standard InChI is InChI=1S/C14H12ClFO/c1-9-7-12(16)5-6-13(9)14(17)10-3-2-4-11(15)8-10/h2-8,14,17H,1H3. The predicted octanol–water partition coefficient (Wildman–Crippen LogP) is 3.87. The first-order valence-corrected chi connectivity index (χ1v) is 5.65. The number of halogens is 2. The van der Waals surface area contributed by atoms with Crippen LogP contribution < -0.4 is 0 Å². The molecule has 88 valence electrons. The van der Waals surface area contributed by atoms with Gasteiger partial charge in [-0.25, -0.2) is 4.39 Å². The number of rotatable bonds is 2. The van der Waals surface area contributed by atoms with Gasteiger partial charge in [0.15, 0.2) is 0 Å². The molecule has 0 heterocycles. The van der Waals surface area contributed by atoms with Crippen molar-refractivity contribution in [3.63, 3.8) is 0 Å². The summed E-state index contributed by atoms with van der Waals surface area (Å²) < 4.78 is 13.0. The third kappa shape index (κ3) is 2.65. The Hall–Kier alpha value is -1.38. The highest BCUT2D eigenvalue weighted by atomic mass is 35.5. The molecular weight excluding hydrogens is 239 g/mol. The van der Waals surface area contributed by atoms with Gasteiger partial charge in [0.2, 0.25) is 0 Å². The fraction of sp³-hybridized carbons (Fsp3) is 0.143. The zero-order valence-electron chi connectivity index (χ0n) is 9.32. The van der Waals surface area contributed by atoms with Crippen LogP contribution in [0.4, 0.5) is 4.39 Å². The lowest BCUT2D eigenvalue weighted by Crippen LogP contribution is -2.02. The van der Waals surface area contributed by atoms with Crippen molar-refractivity contribution in [3.05, 3.63) is 70.0 Å². The first-order valence-electron chi connectivity index (χ1n) is 5.27. The van der Waals surface area contributed by atoms with Crippen molar-refractivity contribution in [2.75, 3.05) is 0 Å². The van der Waals surface area contributed by atoms with Crippen molar-refractivity contribution in [2.24, 2.45) is 0 Å². The lowest BCUT2D eigenvalue weighted by molar-refractivity contribution is 0.219. The summed E-state index contributed by atoms with van der Waals surface area (Å²) in [6, 6.07) is 11.4. The smallest absolute Gasteiger partial charge is 0.123 e. The highest BCUT2D eigenvalue weighted by Crippen LogP contribution is 2.26. The SMILES string of the molecule is Cc1cc(F)ccc1C(O)c1cccc(Cl)c1. The molecule has 1 nitrogen and oxygen atoms in total. The van der Waals surface area contributed by atoms with Crippen LogP contribution in [0, 0.1) is 12.7 Å². The molecule has 0 aliphatic rings. The first kappa shape index (κ1) is 12.1. The third-order valence-corrected chi connectivity index (χ3v) is 2.93. The highest BCUT2D eigenvalue weighted by Gasteiger charge is 2.13. The Morgan fingerprint density at radius 3 is 2.59 bits per heavy atom. The zero-order valence-corrected chi connectivity index (χ0v) is 10.1. The normalized spacial score (nSPS) is 12.5. The summed E-state index contributed by atoms with van der Waals surface area (Å²) in [6.07, 6.45) is -0.783. The van der Waals surface area contributed by atoms with E-state index in [1.54, 1.807) is 37.3 Å². The van der Waals surface area contributed by atoms with Gasteiger partial charge in [0.1, 0.15) is 11.9 Å². The third-order valence-electron chi connectivity index (χ3n) is 2.69. The first-order chi connectivity index (χ1) is 8.08. The molecule has 1 unspecified atom stereocenters. The van der Waals surface area contributed by atoms with Gasteiger partial charge >= 0.3 is 0 Å². The van der Waals surface area contributed by atoms with Gasteiger partial charge in [-0.3, -0.25) is 0 Å². The number of hydrogen-bond acceptors (Lipinski definition) is 1. The van der Waals surface area contributed by atoms with Gasteiger partial charge in [-0.05, 0) is 47.9 Å². The van der Waals surface area contributed by atoms with Crippen LogP contribution in [0.1, 0.15) is 22.8 Å². The van der Waals surface area contributed by atoms with E-state index in [9.17, 15) is 9.50 Å². The Kier molecular flexibility index (Phi) is 3.46. The maximum Gasteiger partial charge on any atom is 0.123 e. The molecule has 0 fully saturated rings. The number of aliphatic hydroxyl groups is 1. The van der Waals surface area contributed by atoms with Crippen LogP contribution in [0.25, 0.3) is 0 Å². The molecule has 0 amide bonds. The average molecular weight is 251 g/mol. The van der Waals surface area contributed by atoms with Gasteiger partial charge in [-0.1, -0.05) is 29.8 Å². The van der Waals surface area contributed by atoms with Gasteiger partial charge < -0.3 is 5.11 Å². The summed E-state index contributed by atoms with van der Waals surface area (Å²) in [5.74, 6) is -0.301. The molecule has 2 aromatic rings. The maximum absolute atomic E-state index is 13.0. The topological polar surface area (TPSA) is 20.2 Å². The van der Waals surface area contributed by atoms with Crippen molar-refractivity contribution < 1.29 is 9.50 Å². The Morgan fingerprint density at radius 2 is 1.94 bits per heavy atom. The predicted molar refractivity (Wildman–Crippen MR) is 66.7 cm³/mol. The van der Waals surface area contributed by atoms with Gasteiger partial charge in [-0.2, -0.15) is 0 Å². The van der Waals surface area contributed by atoms with E-state index in [-0.39, 0.29) is 5.82 Å². The summed E-state index contributed by atoms with van der Waals surface area (Å²) in [6.45, 7) is 1.77. The van der Waals surface area contributed by atoms with Crippen molar-refractivity contribution >= 4 is 11.6 Å². The molecule has 0 aromatic heterocycles. The molecule has 0 saturated heterocycles. The minimum atomic E-state index is -0.783. The van der Waals surface area contributed by atoms with E-state index in [4.69, 9.17) is 11.6 Å². The second-order valence-electron chi connectivity index (χ2n) is 3.96. The molecule has 0 radical (unpaired) electrons. The van der Waals surface area contributed by atoms with Crippen LogP contribution in [0.15, 0.2) is 42.5 Å². The monoisotopic (exact) mass is 250 g/mol. The van der Waals surface area contributed by atoms with Gasteiger partial charge in [0.05, 0.1) is 0 Å². The molecule has 0 saturated carbocycles. The summed E-state index contributed by atoms with van der Waals surface area (Å²) in [4.78, 5) is 0. The Labute approximate surface area is 104 Å². The summed E-state index contributed by atoms with van der Waals surface area (Å²) in [7, 11) is 0. The van der Waals surface area contributed by atoms with Crippen molar-refractivity contribution in [1.29, 1.82) is 0 Å². The molecule has 1 N–H and O–H groups in total. The van der Waals surface area contributed by atoms with E-state index < -0.39 is 6.10 Å². The molecule has 0 aliphatic carbocycles. The number of aryl methyl sites for hydroxylation is 1. The van der Waals surface area contributed by atoms with Crippen LogP contribution >= 0.6 is 11.6 Å². The van der Waals surface area contributed by atoms with E-state index in [0.717, 1.165) is 5.56 Å². The van der Waals surface area contributed by atoms with Gasteiger partial charge in [-0.15, -0.1) is 0 Å². The largest absolute Gasteiger partial charge is 0.384 e. The van der Waals surface area contributed by atoms with Gasteiger partial charge in [0, 0.05) is 5.02 Å². The molecule has 2 rings (SSSR count). The average Bonchev–Trinajstić information content (AvgIpc) is 2.28. The number of benzene rings is 2. The number of aliphatic hydroxyl groups excluding tert-OH is 1. The molecule has 3 heteroatoms. The van der Waals surface area contributed by atoms with E-state index >= 15 is 0 Å². The fourth-order valence-corrected chi connectivity index (χ4v) is 2.00. The highest BCUT2D eigenvalue weighted by molar-refractivity contribution is 6.30. The Balaban J connectivity index is 2.40. The summed E-state index contributed by atoms with van der Waals surface area (Å²) >= 11 is 5.87. The van der Waals surface area contributed by atoms with Crippen molar-refractivity contribution in [1.82, 2.24) is 0 Å². The summed E-state index contributed by atoms with van der Waals surface area (Å²) in [5, 5.41) is 10.8. The Morgan fingerprint density at radius 1 is 1.18 bits per heavy atom. The molecule has 0 bridgehead atoms. The van der Waals surface area contributed by atoms with E-state index in [1.807, 2.05) is 0 Å². The Bertz CT molecular complexity index is 539. The van der Waals surface area contributed by atoms with Crippen LogP contribution in [0.5, 0.6) is 0 Å². The lowest BCUT2D eigenvalue weighted by atomic mass is 9.97. The van der Waals surface area contributed by atoms with E-state index in [0.29, 0.717) is 16.1 Å². The minimum Gasteiger partial charge on any atom is -0.384 e. The fourth-order valence-electron chi connectivity index (χ4n) is 1.80. The van der Waals surface area contributed by atoms with Crippen LogP contribution in [-0.4, -0.2) is 5.11 Å². The van der Waals surface area contributed by atoms with E-state index in [2.05, 4.69) is 0 Å². The molecule has 0 spiro atoms. The quantitative estimate of drug-likeness (QED) is 0.858. The molecule has 0 aliphatic heterocycles. The number of hydrogen-bond donors (Lipinski definition) is 1. The molecule has 1 atom stereocenters. The van der Waals surface area contributed by atoms with Crippen LogP contribution in [-0.2, 0) is 0 Å². The van der Waals surface area contributed by atoms with Crippen molar-refractivity contribution in [2.45, 2.75) is 13.0 Å². The lowest BCUT2D eigenvalue weighted by Gasteiger charge is -2.14.